The molecule has 0 saturated heterocycles. The summed E-state index contributed by atoms with van der Waals surface area (Å²) in [5.41, 5.74) is 2.86. The number of nitrogens with one attached hydrogen (secondary N) is 1. The second-order valence-electron chi connectivity index (χ2n) is 4.31. The van der Waals surface area contributed by atoms with Crippen molar-refractivity contribution < 1.29 is 4.39 Å². The number of benzene rings is 1. The zero-order valence-electron chi connectivity index (χ0n) is 9.70. The molecule has 3 rings (SSSR count). The van der Waals surface area contributed by atoms with Gasteiger partial charge in [-0.3, -0.25) is 0 Å². The molecule has 0 atom stereocenters. The minimum atomic E-state index is -0.207. The van der Waals surface area contributed by atoms with Gasteiger partial charge in [-0.2, -0.15) is 0 Å². The molecule has 1 N–H and O–H groups in total. The molecule has 2 heterocycles. The van der Waals surface area contributed by atoms with Crippen molar-refractivity contribution in [3.8, 4) is 11.3 Å². The van der Waals surface area contributed by atoms with Crippen molar-refractivity contribution in [3.63, 3.8) is 0 Å². The Morgan fingerprint density at radius 2 is 2.29 bits per heavy atom. The van der Waals surface area contributed by atoms with Crippen molar-refractivity contribution in [1.82, 2.24) is 9.55 Å². The molecule has 2 aromatic rings. The van der Waals surface area contributed by atoms with Crippen LogP contribution in [0.25, 0.3) is 11.3 Å². The number of anilines is 1. The average Bonchev–Trinajstić information content (AvgIpc) is 2.64. The summed E-state index contributed by atoms with van der Waals surface area (Å²) >= 11 is 0. The fourth-order valence-electron chi connectivity index (χ4n) is 2.36. The summed E-state index contributed by atoms with van der Waals surface area (Å²) in [4.78, 5) is 4.49. The van der Waals surface area contributed by atoms with Crippen LogP contribution in [-0.2, 0) is 6.54 Å². The SMILES string of the molecule is Cc1nc2n(c1-c1cccc(F)c1)CCCN2. The zero-order valence-corrected chi connectivity index (χ0v) is 9.70. The van der Waals surface area contributed by atoms with Crippen LogP contribution < -0.4 is 5.32 Å². The van der Waals surface area contributed by atoms with Crippen LogP contribution in [0.4, 0.5) is 10.3 Å². The third-order valence-electron chi connectivity index (χ3n) is 3.08. The number of aromatic nitrogens is 2. The summed E-state index contributed by atoms with van der Waals surface area (Å²) < 4.78 is 15.4. The Morgan fingerprint density at radius 3 is 3.12 bits per heavy atom. The van der Waals surface area contributed by atoms with Gasteiger partial charge in [-0.15, -0.1) is 0 Å². The first-order chi connectivity index (χ1) is 8.25. The Balaban J connectivity index is 2.17. The van der Waals surface area contributed by atoms with Crippen LogP contribution in [0.2, 0.25) is 0 Å². The van der Waals surface area contributed by atoms with E-state index in [9.17, 15) is 4.39 Å². The van der Waals surface area contributed by atoms with Crippen LogP contribution in [0, 0.1) is 12.7 Å². The second kappa shape index (κ2) is 3.87. The van der Waals surface area contributed by atoms with Crippen LogP contribution in [0.15, 0.2) is 24.3 Å². The molecule has 1 aliphatic rings. The van der Waals surface area contributed by atoms with Crippen molar-refractivity contribution in [3.05, 3.63) is 35.8 Å². The van der Waals surface area contributed by atoms with Crippen LogP contribution in [0.1, 0.15) is 12.1 Å². The first kappa shape index (κ1) is 10.3. The predicted molar refractivity (Wildman–Crippen MR) is 65.5 cm³/mol. The Labute approximate surface area is 99.3 Å². The predicted octanol–water partition coefficient (Wildman–Crippen LogP) is 2.81. The molecule has 88 valence electrons. The van der Waals surface area contributed by atoms with E-state index in [1.165, 1.54) is 6.07 Å². The first-order valence-corrected chi connectivity index (χ1v) is 5.82. The molecule has 1 aromatic carbocycles. The maximum atomic E-state index is 13.3. The lowest BCUT2D eigenvalue weighted by Gasteiger charge is -2.18. The third kappa shape index (κ3) is 1.69. The maximum Gasteiger partial charge on any atom is 0.203 e. The zero-order chi connectivity index (χ0) is 11.8. The van der Waals surface area contributed by atoms with Crippen molar-refractivity contribution >= 4 is 5.95 Å². The van der Waals surface area contributed by atoms with E-state index in [4.69, 9.17) is 0 Å². The maximum absolute atomic E-state index is 13.3. The first-order valence-electron chi connectivity index (χ1n) is 5.82. The van der Waals surface area contributed by atoms with Gasteiger partial charge >= 0.3 is 0 Å². The Hall–Kier alpha value is -1.84. The van der Waals surface area contributed by atoms with Gasteiger partial charge in [0.15, 0.2) is 0 Å². The van der Waals surface area contributed by atoms with Crippen LogP contribution in [-0.4, -0.2) is 16.1 Å². The van der Waals surface area contributed by atoms with E-state index < -0.39 is 0 Å². The molecular weight excluding hydrogens is 217 g/mol. The number of hydrogen-bond acceptors (Lipinski definition) is 2. The lowest BCUT2D eigenvalue weighted by atomic mass is 10.1. The fourth-order valence-corrected chi connectivity index (χ4v) is 2.36. The largest absolute Gasteiger partial charge is 0.356 e. The highest BCUT2D eigenvalue weighted by Gasteiger charge is 2.18. The van der Waals surface area contributed by atoms with Crippen LogP contribution >= 0.6 is 0 Å². The van der Waals surface area contributed by atoms with Gasteiger partial charge < -0.3 is 9.88 Å². The Kier molecular flexibility index (Phi) is 2.35. The van der Waals surface area contributed by atoms with Gasteiger partial charge in [0.2, 0.25) is 5.95 Å². The highest BCUT2D eigenvalue weighted by atomic mass is 19.1. The summed E-state index contributed by atoms with van der Waals surface area (Å²) in [6.45, 7) is 3.86. The van der Waals surface area contributed by atoms with E-state index in [2.05, 4.69) is 14.9 Å². The van der Waals surface area contributed by atoms with Crippen molar-refractivity contribution in [1.29, 1.82) is 0 Å². The van der Waals surface area contributed by atoms with Gasteiger partial charge in [0.05, 0.1) is 11.4 Å². The van der Waals surface area contributed by atoms with E-state index in [0.29, 0.717) is 0 Å². The lowest BCUT2D eigenvalue weighted by molar-refractivity contribution is 0.623. The summed E-state index contributed by atoms with van der Waals surface area (Å²) in [5, 5.41) is 3.27. The minimum absolute atomic E-state index is 0.207. The molecule has 0 saturated carbocycles. The van der Waals surface area contributed by atoms with Crippen LogP contribution in [0.5, 0.6) is 0 Å². The molecule has 0 aliphatic carbocycles. The number of nitrogens with zero attached hydrogens (tertiary/aromatic N) is 2. The summed E-state index contributed by atoms with van der Waals surface area (Å²) in [5.74, 6) is 0.689. The summed E-state index contributed by atoms with van der Waals surface area (Å²) in [6.07, 6.45) is 1.07. The van der Waals surface area contributed by atoms with Crippen molar-refractivity contribution in [2.45, 2.75) is 19.9 Å². The molecule has 1 aromatic heterocycles. The van der Waals surface area contributed by atoms with Crippen molar-refractivity contribution in [2.24, 2.45) is 0 Å². The van der Waals surface area contributed by atoms with Gasteiger partial charge in [0, 0.05) is 18.7 Å². The number of halogens is 1. The summed E-state index contributed by atoms with van der Waals surface area (Å²) in [7, 11) is 0. The number of imidazole rings is 1. The smallest absolute Gasteiger partial charge is 0.203 e. The molecule has 0 bridgehead atoms. The van der Waals surface area contributed by atoms with Gasteiger partial charge in [0.25, 0.3) is 0 Å². The van der Waals surface area contributed by atoms with Crippen molar-refractivity contribution in [2.75, 3.05) is 11.9 Å². The topological polar surface area (TPSA) is 29.9 Å². The number of aryl methyl sites for hydroxylation is 1. The molecular formula is C13H14FN3. The molecule has 1 aliphatic heterocycles. The highest BCUT2D eigenvalue weighted by Crippen LogP contribution is 2.29. The van der Waals surface area contributed by atoms with Gasteiger partial charge in [-0.05, 0) is 25.5 Å². The minimum Gasteiger partial charge on any atom is -0.356 e. The van der Waals surface area contributed by atoms with Crippen LogP contribution in [0.3, 0.4) is 0 Å². The van der Waals surface area contributed by atoms with E-state index in [-0.39, 0.29) is 5.82 Å². The average molecular weight is 231 g/mol. The molecule has 0 radical (unpaired) electrons. The third-order valence-corrected chi connectivity index (χ3v) is 3.08. The lowest BCUT2D eigenvalue weighted by Crippen LogP contribution is -2.17. The van der Waals surface area contributed by atoms with Gasteiger partial charge in [-0.25, -0.2) is 9.37 Å². The van der Waals surface area contributed by atoms with E-state index in [1.807, 2.05) is 13.0 Å². The molecule has 0 amide bonds. The Morgan fingerprint density at radius 1 is 1.41 bits per heavy atom. The van der Waals surface area contributed by atoms with E-state index >= 15 is 0 Å². The monoisotopic (exact) mass is 231 g/mol. The number of fused-ring (bicyclic) bond motifs is 1. The van der Waals surface area contributed by atoms with Gasteiger partial charge in [0.1, 0.15) is 5.82 Å². The molecule has 0 unspecified atom stereocenters. The van der Waals surface area contributed by atoms with Gasteiger partial charge in [-0.1, -0.05) is 12.1 Å². The Bertz CT molecular complexity index is 560. The van der Waals surface area contributed by atoms with E-state index in [0.717, 1.165) is 42.4 Å². The normalized spacial score (nSPS) is 14.2. The summed E-state index contributed by atoms with van der Waals surface area (Å²) in [6, 6.07) is 6.69. The molecule has 4 heteroatoms. The number of rotatable bonds is 1. The molecule has 0 fully saturated rings. The quantitative estimate of drug-likeness (QED) is 0.817. The fraction of sp³-hybridized carbons (Fsp3) is 0.308. The molecule has 3 nitrogen and oxygen atoms in total. The van der Waals surface area contributed by atoms with E-state index in [1.54, 1.807) is 12.1 Å². The standard InChI is InChI=1S/C13H14FN3/c1-9-12(10-4-2-5-11(14)8-10)17-7-3-6-15-13(17)16-9/h2,4-5,8H,3,6-7H2,1H3,(H,15,16). The molecule has 0 spiro atoms. The second-order valence-corrected chi connectivity index (χ2v) is 4.31. The molecule has 17 heavy (non-hydrogen) atoms. The highest BCUT2D eigenvalue weighted by molar-refractivity contribution is 5.65. The number of hydrogen-bond donors (Lipinski definition) is 1.